The second kappa shape index (κ2) is 7.05. The zero-order valence-electron chi connectivity index (χ0n) is 20.8. The summed E-state index contributed by atoms with van der Waals surface area (Å²) in [6, 6.07) is 3.64. The van der Waals surface area contributed by atoms with Crippen molar-refractivity contribution in [2.24, 2.45) is 11.3 Å². The van der Waals surface area contributed by atoms with E-state index in [0.29, 0.717) is 17.4 Å². The van der Waals surface area contributed by atoms with Crippen molar-refractivity contribution in [1.29, 1.82) is 0 Å². The minimum atomic E-state index is -0.0165. The van der Waals surface area contributed by atoms with E-state index in [0.717, 1.165) is 12.6 Å². The fraction of sp³-hybridized carbons (Fsp3) is 0.700. The van der Waals surface area contributed by atoms with E-state index in [4.69, 9.17) is 4.74 Å². The van der Waals surface area contributed by atoms with Crippen molar-refractivity contribution in [3.05, 3.63) is 52.9 Å². The summed E-state index contributed by atoms with van der Waals surface area (Å²) >= 11 is 0. The lowest BCUT2D eigenvalue weighted by molar-refractivity contribution is -0.147. The number of nitrogens with zero attached hydrogens (tertiary/aromatic N) is 3. The summed E-state index contributed by atoms with van der Waals surface area (Å²) in [5.74, 6) is 0.654. The number of rotatable bonds is 2. The first kappa shape index (κ1) is 20.7. The molecule has 0 radical (unpaired) electrons. The molecule has 180 valence electrons. The van der Waals surface area contributed by atoms with Gasteiger partial charge in [0.25, 0.3) is 0 Å². The van der Waals surface area contributed by atoms with Gasteiger partial charge >= 0.3 is 0 Å². The predicted octanol–water partition coefficient (Wildman–Crippen LogP) is 5.04. The van der Waals surface area contributed by atoms with Crippen molar-refractivity contribution in [2.45, 2.75) is 101 Å². The molecule has 4 aliphatic heterocycles. The van der Waals surface area contributed by atoms with Crippen LogP contribution in [0.4, 0.5) is 0 Å². The van der Waals surface area contributed by atoms with E-state index in [-0.39, 0.29) is 11.2 Å². The highest BCUT2D eigenvalue weighted by atomic mass is 16.5. The van der Waals surface area contributed by atoms with E-state index in [1.807, 2.05) is 6.20 Å². The lowest BCUT2D eigenvalue weighted by atomic mass is 9.59. The Labute approximate surface area is 204 Å². The monoisotopic (exact) mass is 457 g/mol. The maximum atomic E-state index is 7.51. The normalized spacial score (nSPS) is 45.4. The van der Waals surface area contributed by atoms with Crippen LogP contribution in [0.3, 0.4) is 0 Å². The summed E-state index contributed by atoms with van der Waals surface area (Å²) in [6.45, 7) is 7.51. The number of hydrogen-bond donors (Lipinski definition) is 0. The molecular weight excluding hydrogens is 418 g/mol. The number of likely N-dealkylation sites (tertiary alicyclic amines) is 1. The Morgan fingerprint density at radius 2 is 1.97 bits per heavy atom. The van der Waals surface area contributed by atoms with Gasteiger partial charge in [0.1, 0.15) is 0 Å². The van der Waals surface area contributed by atoms with Crippen LogP contribution in [0, 0.1) is 11.3 Å². The van der Waals surface area contributed by atoms with E-state index in [2.05, 4.69) is 46.1 Å². The molecule has 2 saturated carbocycles. The van der Waals surface area contributed by atoms with Crippen LogP contribution in [-0.2, 0) is 17.7 Å². The average Bonchev–Trinajstić information content (AvgIpc) is 3.33. The lowest BCUT2D eigenvalue weighted by Crippen LogP contribution is -2.58. The fourth-order valence-electron chi connectivity index (χ4n) is 9.64. The van der Waals surface area contributed by atoms with Gasteiger partial charge in [-0.3, -0.25) is 9.88 Å². The Balaban J connectivity index is 1.11. The lowest BCUT2D eigenvalue weighted by Gasteiger charge is -2.56. The maximum absolute atomic E-state index is 7.51. The molecule has 2 unspecified atom stereocenters. The Bertz CT molecular complexity index is 1090. The standard InChI is InChI=1S/C30H39N3O/c1-28-10-7-24-17-23-3-4-25(32-14-2-15-32)18-29(23)11-12-30(24,34-29)26(28)5-6-27(28)33-16-9-21-8-13-31-19-22(21)20-33/h7-8,13,17,19,25-27H,2-6,9-12,14-16,18,20H2,1H3/t25?,26-,27?,28+,29-,30-/m1/s1. The Morgan fingerprint density at radius 1 is 1.03 bits per heavy atom. The first-order valence-electron chi connectivity index (χ1n) is 14.1. The number of fused-ring (bicyclic) bond motifs is 2. The van der Waals surface area contributed by atoms with Crippen LogP contribution in [-0.4, -0.2) is 57.7 Å². The predicted molar refractivity (Wildman–Crippen MR) is 133 cm³/mol. The zero-order valence-corrected chi connectivity index (χ0v) is 20.8. The minimum absolute atomic E-state index is 0.0165. The molecule has 2 spiro atoms. The molecule has 1 aromatic heterocycles. The Morgan fingerprint density at radius 3 is 2.85 bits per heavy atom. The molecular formula is C30H39N3O. The van der Waals surface area contributed by atoms with Gasteiger partial charge in [0.15, 0.2) is 0 Å². The molecule has 7 aliphatic rings. The van der Waals surface area contributed by atoms with Gasteiger partial charge in [-0.2, -0.15) is 0 Å². The number of pyridine rings is 1. The van der Waals surface area contributed by atoms with Crippen LogP contribution in [0.2, 0.25) is 0 Å². The molecule has 5 heterocycles. The van der Waals surface area contributed by atoms with Crippen molar-refractivity contribution in [3.63, 3.8) is 0 Å². The molecule has 0 aromatic carbocycles. The van der Waals surface area contributed by atoms with Gasteiger partial charge in [-0.1, -0.05) is 19.1 Å². The third-order valence-corrected chi connectivity index (χ3v) is 11.5. The second-order valence-corrected chi connectivity index (χ2v) is 12.8. The third-order valence-electron chi connectivity index (χ3n) is 11.5. The van der Waals surface area contributed by atoms with Gasteiger partial charge in [-0.05, 0) is 117 Å². The summed E-state index contributed by atoms with van der Waals surface area (Å²) in [5, 5.41) is 0. The molecule has 0 N–H and O–H groups in total. The summed E-state index contributed by atoms with van der Waals surface area (Å²) < 4.78 is 7.51. The van der Waals surface area contributed by atoms with E-state index in [1.165, 1.54) is 95.0 Å². The van der Waals surface area contributed by atoms with Gasteiger partial charge in [0.2, 0.25) is 0 Å². The van der Waals surface area contributed by atoms with Crippen LogP contribution < -0.4 is 0 Å². The van der Waals surface area contributed by atoms with E-state index >= 15 is 0 Å². The van der Waals surface area contributed by atoms with E-state index in [1.54, 1.807) is 11.1 Å². The SMILES string of the molecule is C[C@]12CC=C3C=C4CCC(N5CCC5)C[C@]45CC[C@]3(O5)[C@@H]1CCC2N1CCc2ccncc2C1. The third kappa shape index (κ3) is 2.63. The first-order valence-corrected chi connectivity index (χ1v) is 14.1. The van der Waals surface area contributed by atoms with Gasteiger partial charge in [0.05, 0.1) is 11.2 Å². The van der Waals surface area contributed by atoms with Crippen LogP contribution in [0.25, 0.3) is 0 Å². The van der Waals surface area contributed by atoms with Gasteiger partial charge in [-0.25, -0.2) is 0 Å². The smallest absolute Gasteiger partial charge is 0.0975 e. The molecule has 4 nitrogen and oxygen atoms in total. The van der Waals surface area contributed by atoms with E-state index in [9.17, 15) is 0 Å². The summed E-state index contributed by atoms with van der Waals surface area (Å²) in [4.78, 5) is 10.00. The van der Waals surface area contributed by atoms with Crippen LogP contribution in [0.15, 0.2) is 41.8 Å². The molecule has 3 aliphatic carbocycles. The highest BCUT2D eigenvalue weighted by Gasteiger charge is 2.67. The average molecular weight is 458 g/mol. The fourth-order valence-corrected chi connectivity index (χ4v) is 9.64. The maximum Gasteiger partial charge on any atom is 0.0975 e. The summed E-state index contributed by atoms with van der Waals surface area (Å²) in [7, 11) is 0. The van der Waals surface area contributed by atoms with Gasteiger partial charge in [-0.15, -0.1) is 0 Å². The van der Waals surface area contributed by atoms with Crippen LogP contribution in [0.1, 0.15) is 75.8 Å². The van der Waals surface area contributed by atoms with Crippen molar-refractivity contribution in [3.8, 4) is 0 Å². The molecule has 2 saturated heterocycles. The number of hydrogen-bond acceptors (Lipinski definition) is 4. The molecule has 2 bridgehead atoms. The Hall–Kier alpha value is -1.49. The quantitative estimate of drug-likeness (QED) is 0.622. The molecule has 4 fully saturated rings. The molecule has 6 atom stereocenters. The topological polar surface area (TPSA) is 28.6 Å². The molecule has 34 heavy (non-hydrogen) atoms. The number of aromatic nitrogens is 1. The zero-order chi connectivity index (χ0) is 22.5. The molecule has 4 heteroatoms. The largest absolute Gasteiger partial charge is 0.359 e. The van der Waals surface area contributed by atoms with Crippen molar-refractivity contribution in [2.75, 3.05) is 19.6 Å². The number of ether oxygens (including phenoxy) is 1. The number of allylic oxidation sites excluding steroid dienone is 1. The summed E-state index contributed by atoms with van der Waals surface area (Å²) in [6.07, 6.45) is 22.1. The first-order chi connectivity index (χ1) is 16.6. The molecule has 1 aromatic rings. The Kier molecular flexibility index (Phi) is 4.29. The molecule has 8 rings (SSSR count). The van der Waals surface area contributed by atoms with E-state index < -0.39 is 0 Å². The van der Waals surface area contributed by atoms with Crippen molar-refractivity contribution < 1.29 is 4.74 Å². The van der Waals surface area contributed by atoms with Crippen molar-refractivity contribution >= 4 is 0 Å². The minimum Gasteiger partial charge on any atom is -0.359 e. The molecule has 0 amide bonds. The second-order valence-electron chi connectivity index (χ2n) is 12.8. The van der Waals surface area contributed by atoms with Crippen LogP contribution >= 0.6 is 0 Å². The highest BCUT2D eigenvalue weighted by Crippen LogP contribution is 2.67. The van der Waals surface area contributed by atoms with Crippen molar-refractivity contribution in [1.82, 2.24) is 14.8 Å². The highest BCUT2D eigenvalue weighted by molar-refractivity contribution is 5.47. The van der Waals surface area contributed by atoms with Gasteiger partial charge < -0.3 is 9.64 Å². The summed E-state index contributed by atoms with van der Waals surface area (Å²) in [5.41, 5.74) is 6.50. The van der Waals surface area contributed by atoms with Gasteiger partial charge in [0, 0.05) is 37.6 Å². The van der Waals surface area contributed by atoms with Crippen LogP contribution in [0.5, 0.6) is 0 Å².